The van der Waals surface area contributed by atoms with Crippen molar-refractivity contribution in [2.24, 2.45) is 0 Å². The molecule has 0 fully saturated rings. The lowest BCUT2D eigenvalue weighted by Crippen LogP contribution is -2.42. The molecule has 98 valence electrons. The SMILES string of the molecule is CCCCCSCCC[Si](OC)(OC)OC. The van der Waals surface area contributed by atoms with Gasteiger partial charge in [0.2, 0.25) is 0 Å². The molecule has 0 aliphatic rings. The fraction of sp³-hybridized carbons (Fsp3) is 1.00. The van der Waals surface area contributed by atoms with Gasteiger partial charge >= 0.3 is 8.80 Å². The minimum Gasteiger partial charge on any atom is -0.377 e. The molecule has 0 saturated heterocycles. The van der Waals surface area contributed by atoms with Crippen molar-refractivity contribution in [2.75, 3.05) is 32.8 Å². The van der Waals surface area contributed by atoms with E-state index in [1.807, 2.05) is 11.8 Å². The average Bonchev–Trinajstić information content (AvgIpc) is 2.34. The van der Waals surface area contributed by atoms with Crippen LogP contribution in [0.1, 0.15) is 32.6 Å². The summed E-state index contributed by atoms with van der Waals surface area (Å²) in [6.07, 6.45) is 5.09. The standard InChI is InChI=1S/C11H26O3SSi/c1-5-6-7-9-15-10-8-11-16(12-2,13-3)14-4/h5-11H2,1-4H3. The summed E-state index contributed by atoms with van der Waals surface area (Å²) in [7, 11) is 2.72. The molecule has 0 aromatic heterocycles. The summed E-state index contributed by atoms with van der Waals surface area (Å²) in [5.41, 5.74) is 0. The first-order chi connectivity index (χ1) is 7.74. The summed E-state index contributed by atoms with van der Waals surface area (Å²) >= 11 is 2.02. The van der Waals surface area contributed by atoms with Gasteiger partial charge < -0.3 is 13.3 Å². The largest absolute Gasteiger partial charge is 0.500 e. The molecule has 0 unspecified atom stereocenters. The zero-order chi connectivity index (χ0) is 12.3. The molecule has 0 aromatic rings. The molecule has 0 aliphatic heterocycles. The van der Waals surface area contributed by atoms with Crippen LogP contribution in [0.2, 0.25) is 6.04 Å². The third-order valence-corrected chi connectivity index (χ3v) is 6.58. The second-order valence-electron chi connectivity index (χ2n) is 3.72. The van der Waals surface area contributed by atoms with Gasteiger partial charge in [0.25, 0.3) is 0 Å². The van der Waals surface area contributed by atoms with Crippen LogP contribution in [0.25, 0.3) is 0 Å². The van der Waals surface area contributed by atoms with Crippen LogP contribution in [-0.4, -0.2) is 41.6 Å². The average molecular weight is 266 g/mol. The molecule has 0 amide bonds. The zero-order valence-electron chi connectivity index (χ0n) is 11.1. The van der Waals surface area contributed by atoms with E-state index < -0.39 is 8.80 Å². The van der Waals surface area contributed by atoms with Crippen LogP contribution in [0.3, 0.4) is 0 Å². The van der Waals surface area contributed by atoms with Crippen LogP contribution in [0.15, 0.2) is 0 Å². The molecule has 0 spiro atoms. The third kappa shape index (κ3) is 6.91. The quantitative estimate of drug-likeness (QED) is 0.424. The van der Waals surface area contributed by atoms with Gasteiger partial charge in [0.05, 0.1) is 0 Å². The molecule has 0 rings (SSSR count). The van der Waals surface area contributed by atoms with Crippen LogP contribution < -0.4 is 0 Å². The molecule has 0 bridgehead atoms. The summed E-state index contributed by atoms with van der Waals surface area (Å²) in [5, 5.41) is 0. The Balaban J connectivity index is 3.48. The van der Waals surface area contributed by atoms with Gasteiger partial charge in [-0.05, 0) is 24.3 Å². The van der Waals surface area contributed by atoms with E-state index in [1.54, 1.807) is 21.3 Å². The summed E-state index contributed by atoms with van der Waals surface area (Å²) in [6, 6.07) is 0.914. The van der Waals surface area contributed by atoms with Crippen LogP contribution in [0, 0.1) is 0 Å². The maximum atomic E-state index is 5.37. The summed E-state index contributed by atoms with van der Waals surface area (Å²) in [6.45, 7) is 2.24. The Morgan fingerprint density at radius 3 is 1.94 bits per heavy atom. The Morgan fingerprint density at radius 2 is 1.44 bits per heavy atom. The highest BCUT2D eigenvalue weighted by molar-refractivity contribution is 7.99. The van der Waals surface area contributed by atoms with Gasteiger partial charge in [-0.25, -0.2) is 0 Å². The second-order valence-corrected chi connectivity index (χ2v) is 8.03. The monoisotopic (exact) mass is 266 g/mol. The van der Waals surface area contributed by atoms with Crippen molar-refractivity contribution in [2.45, 2.75) is 38.7 Å². The van der Waals surface area contributed by atoms with Crippen molar-refractivity contribution in [3.8, 4) is 0 Å². The van der Waals surface area contributed by atoms with Gasteiger partial charge in [-0.15, -0.1) is 0 Å². The third-order valence-electron chi connectivity index (χ3n) is 2.60. The van der Waals surface area contributed by atoms with Gasteiger partial charge in [-0.1, -0.05) is 19.8 Å². The first kappa shape index (κ1) is 16.4. The Labute approximate surface area is 106 Å². The maximum Gasteiger partial charge on any atom is 0.500 e. The van der Waals surface area contributed by atoms with E-state index in [2.05, 4.69) is 6.92 Å². The van der Waals surface area contributed by atoms with Gasteiger partial charge in [-0.2, -0.15) is 11.8 Å². The van der Waals surface area contributed by atoms with Crippen molar-refractivity contribution >= 4 is 20.6 Å². The van der Waals surface area contributed by atoms with Gasteiger partial charge in [0.15, 0.2) is 0 Å². The molecule has 0 atom stereocenters. The lowest BCUT2D eigenvalue weighted by Gasteiger charge is -2.24. The zero-order valence-corrected chi connectivity index (χ0v) is 12.9. The Morgan fingerprint density at radius 1 is 0.875 bits per heavy atom. The minimum atomic E-state index is -2.31. The number of hydrogen-bond acceptors (Lipinski definition) is 4. The van der Waals surface area contributed by atoms with Crippen molar-refractivity contribution in [1.82, 2.24) is 0 Å². The topological polar surface area (TPSA) is 27.7 Å². The van der Waals surface area contributed by atoms with Crippen molar-refractivity contribution in [3.63, 3.8) is 0 Å². The Bertz CT molecular complexity index is 146. The van der Waals surface area contributed by atoms with E-state index in [0.29, 0.717) is 0 Å². The van der Waals surface area contributed by atoms with E-state index in [-0.39, 0.29) is 0 Å². The predicted octanol–water partition coefficient (Wildman–Crippen LogP) is 3.18. The first-order valence-electron chi connectivity index (χ1n) is 5.98. The van der Waals surface area contributed by atoms with Gasteiger partial charge in [0, 0.05) is 27.4 Å². The molecule has 5 heteroatoms. The minimum absolute atomic E-state index is 0.914. The lowest BCUT2D eigenvalue weighted by molar-refractivity contribution is 0.123. The Hall–Kier alpha value is 0.447. The highest BCUT2D eigenvalue weighted by Gasteiger charge is 2.36. The van der Waals surface area contributed by atoms with Crippen molar-refractivity contribution in [3.05, 3.63) is 0 Å². The molecule has 0 radical (unpaired) electrons. The van der Waals surface area contributed by atoms with Crippen LogP contribution >= 0.6 is 11.8 Å². The number of rotatable bonds is 11. The molecular formula is C11H26O3SSi. The Kier molecular flexibility index (Phi) is 10.9. The van der Waals surface area contributed by atoms with Gasteiger partial charge in [-0.3, -0.25) is 0 Å². The molecular weight excluding hydrogens is 240 g/mol. The molecule has 16 heavy (non-hydrogen) atoms. The number of thioether (sulfide) groups is 1. The van der Waals surface area contributed by atoms with Crippen LogP contribution in [0.4, 0.5) is 0 Å². The van der Waals surface area contributed by atoms with E-state index in [0.717, 1.165) is 12.5 Å². The van der Waals surface area contributed by atoms with E-state index in [9.17, 15) is 0 Å². The van der Waals surface area contributed by atoms with Crippen molar-refractivity contribution < 1.29 is 13.3 Å². The summed E-state index contributed by atoms with van der Waals surface area (Å²) < 4.78 is 16.1. The molecule has 0 heterocycles. The highest BCUT2D eigenvalue weighted by Crippen LogP contribution is 2.17. The maximum absolute atomic E-state index is 5.37. The smallest absolute Gasteiger partial charge is 0.377 e. The number of unbranched alkanes of at least 4 members (excludes halogenated alkanes) is 2. The van der Waals surface area contributed by atoms with E-state index >= 15 is 0 Å². The normalized spacial score (nSPS) is 12.0. The predicted molar refractivity (Wildman–Crippen MR) is 73.1 cm³/mol. The fourth-order valence-electron chi connectivity index (χ4n) is 1.50. The molecule has 0 N–H and O–H groups in total. The summed E-state index contributed by atoms with van der Waals surface area (Å²) in [5.74, 6) is 2.45. The lowest BCUT2D eigenvalue weighted by atomic mass is 10.3. The number of hydrogen-bond donors (Lipinski definition) is 0. The highest BCUT2D eigenvalue weighted by atomic mass is 32.2. The molecule has 3 nitrogen and oxygen atoms in total. The van der Waals surface area contributed by atoms with Crippen LogP contribution in [-0.2, 0) is 13.3 Å². The van der Waals surface area contributed by atoms with Crippen molar-refractivity contribution in [1.29, 1.82) is 0 Å². The van der Waals surface area contributed by atoms with E-state index in [1.165, 1.54) is 30.8 Å². The molecule has 0 aromatic carbocycles. The fourth-order valence-corrected chi connectivity index (χ4v) is 4.44. The van der Waals surface area contributed by atoms with Gasteiger partial charge in [0.1, 0.15) is 0 Å². The molecule has 0 aliphatic carbocycles. The molecule has 0 saturated carbocycles. The first-order valence-corrected chi connectivity index (χ1v) is 9.06. The summed E-state index contributed by atoms with van der Waals surface area (Å²) in [4.78, 5) is 0. The van der Waals surface area contributed by atoms with E-state index in [4.69, 9.17) is 13.3 Å². The second kappa shape index (κ2) is 10.6. The van der Waals surface area contributed by atoms with Crippen LogP contribution in [0.5, 0.6) is 0 Å².